The molecule has 3 rings (SSSR count). The van der Waals surface area contributed by atoms with Gasteiger partial charge in [-0.25, -0.2) is 9.18 Å². The fourth-order valence-electron chi connectivity index (χ4n) is 3.56. The zero-order valence-corrected chi connectivity index (χ0v) is 17.0. The lowest BCUT2D eigenvalue weighted by molar-refractivity contribution is -0.131. The average molecular weight is 399 g/mol. The second-order valence-corrected chi connectivity index (χ2v) is 6.79. The van der Waals surface area contributed by atoms with E-state index in [1.807, 2.05) is 38.1 Å². The third kappa shape index (κ3) is 4.18. The highest BCUT2D eigenvalue weighted by molar-refractivity contribution is 5.78. The lowest BCUT2D eigenvalue weighted by atomic mass is 10.2. The van der Waals surface area contributed by atoms with Crippen LogP contribution in [0.15, 0.2) is 47.3 Å². The summed E-state index contributed by atoms with van der Waals surface area (Å²) >= 11 is 0. The van der Waals surface area contributed by atoms with Crippen LogP contribution in [0.4, 0.5) is 4.39 Å². The van der Waals surface area contributed by atoms with E-state index in [9.17, 15) is 14.0 Å². The highest BCUT2D eigenvalue weighted by Crippen LogP contribution is 2.19. The Labute approximate surface area is 169 Å². The maximum atomic E-state index is 13.9. The number of methoxy groups -OCH3 is 1. The largest absolute Gasteiger partial charge is 0.494 e. The van der Waals surface area contributed by atoms with E-state index < -0.39 is 5.82 Å². The Kier molecular flexibility index (Phi) is 6.36. The van der Waals surface area contributed by atoms with Gasteiger partial charge in [0, 0.05) is 32.6 Å². The summed E-state index contributed by atoms with van der Waals surface area (Å²) in [7, 11) is 1.41. The fourth-order valence-corrected chi connectivity index (χ4v) is 3.56. The number of imidazole rings is 1. The fraction of sp³-hybridized carbons (Fsp3) is 0.364. The van der Waals surface area contributed by atoms with Crippen LogP contribution in [0.25, 0.3) is 11.0 Å². The molecule has 6 nitrogen and oxygen atoms in total. The molecule has 1 aromatic heterocycles. The van der Waals surface area contributed by atoms with Crippen molar-refractivity contribution in [1.29, 1.82) is 0 Å². The lowest BCUT2D eigenvalue weighted by Crippen LogP contribution is -2.32. The van der Waals surface area contributed by atoms with Gasteiger partial charge in [0.1, 0.15) is 0 Å². The average Bonchev–Trinajstić information content (AvgIpc) is 3.00. The van der Waals surface area contributed by atoms with E-state index in [1.165, 1.54) is 13.2 Å². The molecule has 0 bridgehead atoms. The molecule has 0 unspecified atom stereocenters. The highest BCUT2D eigenvalue weighted by atomic mass is 19.1. The Morgan fingerprint density at radius 3 is 2.38 bits per heavy atom. The summed E-state index contributed by atoms with van der Waals surface area (Å²) in [5.41, 5.74) is 2.28. The topological polar surface area (TPSA) is 56.5 Å². The van der Waals surface area contributed by atoms with Gasteiger partial charge in [0.05, 0.1) is 18.1 Å². The summed E-state index contributed by atoms with van der Waals surface area (Å²) in [6.45, 7) is 5.49. The Bertz CT molecular complexity index is 1070. The number of carbonyl (C=O) groups is 1. The van der Waals surface area contributed by atoms with E-state index >= 15 is 0 Å². The minimum atomic E-state index is -0.451. The smallest absolute Gasteiger partial charge is 0.329 e. The summed E-state index contributed by atoms with van der Waals surface area (Å²) in [6, 6.07) is 12.3. The second-order valence-electron chi connectivity index (χ2n) is 6.79. The number of aromatic nitrogens is 2. The predicted molar refractivity (Wildman–Crippen MR) is 111 cm³/mol. The van der Waals surface area contributed by atoms with Gasteiger partial charge in [0.25, 0.3) is 0 Å². The zero-order chi connectivity index (χ0) is 21.0. The molecule has 154 valence electrons. The summed E-state index contributed by atoms with van der Waals surface area (Å²) in [4.78, 5) is 27.1. The molecule has 0 N–H and O–H groups in total. The van der Waals surface area contributed by atoms with Crippen molar-refractivity contribution in [1.82, 2.24) is 14.0 Å². The number of carbonyl (C=O) groups excluding carboxylic acids is 1. The standard InChI is InChI=1S/C22H26FN3O3/c1-4-24(15-16-10-11-20(29-3)17(23)14-16)21(27)12-13-26-19-9-7-6-8-18(19)25(5-2)22(26)28/h6-11,14H,4-5,12-13,15H2,1-3H3. The second kappa shape index (κ2) is 8.94. The molecule has 3 aromatic rings. The molecule has 0 saturated heterocycles. The molecular formula is C22H26FN3O3. The minimum absolute atomic E-state index is 0.0797. The Morgan fingerprint density at radius 1 is 1.10 bits per heavy atom. The normalized spacial score (nSPS) is 11.0. The van der Waals surface area contributed by atoms with Crippen molar-refractivity contribution in [3.63, 3.8) is 0 Å². The van der Waals surface area contributed by atoms with Crippen LogP contribution in [0.2, 0.25) is 0 Å². The number of rotatable bonds is 8. The zero-order valence-electron chi connectivity index (χ0n) is 17.0. The number of fused-ring (bicyclic) bond motifs is 1. The van der Waals surface area contributed by atoms with Crippen molar-refractivity contribution >= 4 is 16.9 Å². The van der Waals surface area contributed by atoms with Gasteiger partial charge >= 0.3 is 5.69 Å². The number of nitrogens with zero attached hydrogens (tertiary/aromatic N) is 3. The lowest BCUT2D eigenvalue weighted by Gasteiger charge is -2.21. The first-order chi connectivity index (χ1) is 14.0. The summed E-state index contributed by atoms with van der Waals surface area (Å²) in [5, 5.41) is 0. The number of halogens is 1. The van der Waals surface area contributed by atoms with Gasteiger partial charge in [-0.05, 0) is 43.7 Å². The molecule has 29 heavy (non-hydrogen) atoms. The third-order valence-corrected chi connectivity index (χ3v) is 5.11. The van der Waals surface area contributed by atoms with E-state index in [1.54, 1.807) is 26.2 Å². The van der Waals surface area contributed by atoms with Crippen LogP contribution in [0.5, 0.6) is 5.75 Å². The van der Waals surface area contributed by atoms with Gasteiger partial charge in [-0.15, -0.1) is 0 Å². The molecule has 7 heteroatoms. The van der Waals surface area contributed by atoms with Crippen molar-refractivity contribution in [3.8, 4) is 5.75 Å². The van der Waals surface area contributed by atoms with Crippen molar-refractivity contribution in [2.24, 2.45) is 0 Å². The van der Waals surface area contributed by atoms with Crippen molar-refractivity contribution in [2.45, 2.75) is 39.9 Å². The third-order valence-electron chi connectivity index (χ3n) is 5.11. The summed E-state index contributed by atoms with van der Waals surface area (Å²) in [5.74, 6) is -0.355. The number of amides is 1. The first-order valence-electron chi connectivity index (χ1n) is 9.78. The number of hydrogen-bond acceptors (Lipinski definition) is 3. The van der Waals surface area contributed by atoms with Gasteiger partial charge in [-0.3, -0.25) is 13.9 Å². The monoisotopic (exact) mass is 399 g/mol. The van der Waals surface area contributed by atoms with Crippen LogP contribution in [0.3, 0.4) is 0 Å². The summed E-state index contributed by atoms with van der Waals surface area (Å²) in [6.07, 6.45) is 0.199. The van der Waals surface area contributed by atoms with Crippen molar-refractivity contribution in [3.05, 3.63) is 64.3 Å². The molecule has 0 radical (unpaired) electrons. The van der Waals surface area contributed by atoms with E-state index in [0.29, 0.717) is 31.7 Å². The van der Waals surface area contributed by atoms with Crippen LogP contribution in [0.1, 0.15) is 25.8 Å². The Morgan fingerprint density at radius 2 is 1.79 bits per heavy atom. The molecule has 0 spiro atoms. The molecule has 0 aliphatic carbocycles. The van der Waals surface area contributed by atoms with Gasteiger partial charge in [-0.1, -0.05) is 18.2 Å². The molecule has 0 aliphatic rings. The Balaban J connectivity index is 1.74. The van der Waals surface area contributed by atoms with Crippen molar-refractivity contribution in [2.75, 3.05) is 13.7 Å². The van der Waals surface area contributed by atoms with Crippen LogP contribution in [0, 0.1) is 5.82 Å². The van der Waals surface area contributed by atoms with Crippen LogP contribution in [-0.2, 0) is 24.4 Å². The van der Waals surface area contributed by atoms with Gasteiger partial charge in [0.2, 0.25) is 5.91 Å². The van der Waals surface area contributed by atoms with Crippen LogP contribution < -0.4 is 10.4 Å². The molecule has 0 aliphatic heterocycles. The molecule has 1 amide bonds. The number of ether oxygens (including phenoxy) is 1. The highest BCUT2D eigenvalue weighted by Gasteiger charge is 2.16. The maximum Gasteiger partial charge on any atom is 0.329 e. The molecular weight excluding hydrogens is 373 g/mol. The van der Waals surface area contributed by atoms with Gasteiger partial charge < -0.3 is 9.64 Å². The van der Waals surface area contributed by atoms with E-state index in [4.69, 9.17) is 4.74 Å². The van der Waals surface area contributed by atoms with E-state index in [0.717, 1.165) is 11.0 Å². The van der Waals surface area contributed by atoms with Crippen molar-refractivity contribution < 1.29 is 13.9 Å². The van der Waals surface area contributed by atoms with E-state index in [-0.39, 0.29) is 23.8 Å². The van der Waals surface area contributed by atoms with E-state index in [2.05, 4.69) is 0 Å². The van der Waals surface area contributed by atoms with Crippen LogP contribution in [-0.4, -0.2) is 33.6 Å². The maximum absolute atomic E-state index is 13.9. The Hall–Kier alpha value is -3.09. The SMILES string of the molecule is CCN(Cc1ccc(OC)c(F)c1)C(=O)CCn1c(=O)n(CC)c2ccccc21. The number of hydrogen-bond donors (Lipinski definition) is 0. The molecule has 0 saturated carbocycles. The van der Waals surface area contributed by atoms with Crippen LogP contribution >= 0.6 is 0 Å². The molecule has 0 atom stereocenters. The number of aryl methyl sites for hydroxylation is 2. The minimum Gasteiger partial charge on any atom is -0.494 e. The number of para-hydroxylation sites is 2. The molecule has 0 fully saturated rings. The quantitative estimate of drug-likeness (QED) is 0.583. The predicted octanol–water partition coefficient (Wildman–Crippen LogP) is 3.41. The van der Waals surface area contributed by atoms with Gasteiger partial charge in [0.15, 0.2) is 11.6 Å². The molecule has 1 heterocycles. The van der Waals surface area contributed by atoms with Gasteiger partial charge in [-0.2, -0.15) is 0 Å². The number of benzene rings is 2. The summed E-state index contributed by atoms with van der Waals surface area (Å²) < 4.78 is 22.2. The first kappa shape index (κ1) is 20.6. The first-order valence-corrected chi connectivity index (χ1v) is 9.78. The molecule has 2 aromatic carbocycles.